The average Bonchev–Trinajstić information content (AvgIpc) is 2.64. The fourth-order valence-corrected chi connectivity index (χ4v) is 0.764. The van der Waals surface area contributed by atoms with Crippen molar-refractivity contribution in [3.63, 3.8) is 0 Å². The lowest BCUT2D eigenvalue weighted by atomic mass is 10.4. The Kier molecular flexibility index (Phi) is 3.84. The van der Waals surface area contributed by atoms with Gasteiger partial charge in [0.05, 0.1) is 19.1 Å². The van der Waals surface area contributed by atoms with Gasteiger partial charge in [-0.3, -0.25) is 0 Å². The predicted octanol–water partition coefficient (Wildman–Crippen LogP) is -0.167. The van der Waals surface area contributed by atoms with Gasteiger partial charge < -0.3 is 14.7 Å². The maximum atomic E-state index is 8.81. The van der Waals surface area contributed by atoms with Crippen LogP contribution in [0.25, 0.3) is 0 Å². The summed E-state index contributed by atoms with van der Waals surface area (Å²) in [5.74, 6) is 0. The smallest absolute Gasteiger partial charge is 0.157 e. The zero-order valence-electron chi connectivity index (χ0n) is 7.17. The van der Waals surface area contributed by atoms with Crippen LogP contribution in [0.4, 0.5) is 0 Å². The van der Waals surface area contributed by atoms with Crippen LogP contribution in [0.3, 0.4) is 0 Å². The Bertz CT molecular complexity index is 236. The van der Waals surface area contributed by atoms with Crippen molar-refractivity contribution in [2.45, 2.75) is 6.10 Å². The Morgan fingerprint density at radius 1 is 1.69 bits per heavy atom. The van der Waals surface area contributed by atoms with E-state index in [0.717, 1.165) is 0 Å². The van der Waals surface area contributed by atoms with E-state index in [4.69, 9.17) is 14.7 Å². The SMILES string of the molecule is C=COC(CO)COn1ccnc1. The first-order valence-electron chi connectivity index (χ1n) is 3.85. The Morgan fingerprint density at radius 3 is 3.08 bits per heavy atom. The van der Waals surface area contributed by atoms with Gasteiger partial charge in [0.2, 0.25) is 0 Å². The number of hydrogen-bond donors (Lipinski definition) is 1. The minimum absolute atomic E-state index is 0.110. The molecule has 0 radical (unpaired) electrons. The third-order valence-corrected chi connectivity index (χ3v) is 1.38. The topological polar surface area (TPSA) is 56.5 Å². The Labute approximate surface area is 76.2 Å². The molecule has 1 rings (SSSR count). The number of rotatable bonds is 6. The van der Waals surface area contributed by atoms with Crippen molar-refractivity contribution in [2.75, 3.05) is 13.2 Å². The Hall–Kier alpha value is -1.49. The van der Waals surface area contributed by atoms with Gasteiger partial charge in [-0.15, -0.1) is 0 Å². The van der Waals surface area contributed by atoms with E-state index in [1.165, 1.54) is 17.3 Å². The molecule has 0 saturated heterocycles. The fraction of sp³-hybridized carbons (Fsp3) is 0.375. The Balaban J connectivity index is 2.27. The van der Waals surface area contributed by atoms with Gasteiger partial charge in [0.25, 0.3) is 0 Å². The highest BCUT2D eigenvalue weighted by molar-refractivity contribution is 4.70. The molecule has 0 aromatic carbocycles. The van der Waals surface area contributed by atoms with Crippen molar-refractivity contribution in [1.29, 1.82) is 0 Å². The van der Waals surface area contributed by atoms with Crippen molar-refractivity contribution in [1.82, 2.24) is 9.71 Å². The molecule has 13 heavy (non-hydrogen) atoms. The van der Waals surface area contributed by atoms with E-state index in [0.29, 0.717) is 0 Å². The molecule has 0 bridgehead atoms. The van der Waals surface area contributed by atoms with Gasteiger partial charge in [-0.2, -0.15) is 4.73 Å². The molecule has 1 heterocycles. The van der Waals surface area contributed by atoms with E-state index in [-0.39, 0.29) is 19.3 Å². The molecule has 0 spiro atoms. The third kappa shape index (κ3) is 3.16. The number of aliphatic hydroxyl groups is 1. The maximum Gasteiger partial charge on any atom is 0.157 e. The van der Waals surface area contributed by atoms with E-state index >= 15 is 0 Å². The van der Waals surface area contributed by atoms with Gasteiger partial charge in [0.15, 0.2) is 12.7 Å². The molecular weight excluding hydrogens is 172 g/mol. The van der Waals surface area contributed by atoms with Gasteiger partial charge in [-0.25, -0.2) is 4.98 Å². The van der Waals surface area contributed by atoms with Gasteiger partial charge in [-0.05, 0) is 0 Å². The van der Waals surface area contributed by atoms with Gasteiger partial charge in [-0.1, -0.05) is 6.58 Å². The van der Waals surface area contributed by atoms with Crippen LogP contribution in [0.2, 0.25) is 0 Å². The molecule has 5 heteroatoms. The number of imidazole rings is 1. The molecule has 5 nitrogen and oxygen atoms in total. The second-order valence-electron chi connectivity index (χ2n) is 2.33. The second kappa shape index (κ2) is 5.21. The molecule has 0 amide bonds. The molecule has 0 fully saturated rings. The van der Waals surface area contributed by atoms with E-state index < -0.39 is 0 Å². The lowest BCUT2D eigenvalue weighted by Gasteiger charge is -2.14. The highest BCUT2D eigenvalue weighted by Crippen LogP contribution is 1.91. The van der Waals surface area contributed by atoms with E-state index in [1.54, 1.807) is 12.4 Å². The zero-order chi connectivity index (χ0) is 9.52. The summed E-state index contributed by atoms with van der Waals surface area (Å²) in [7, 11) is 0. The molecule has 72 valence electrons. The second-order valence-corrected chi connectivity index (χ2v) is 2.33. The fourth-order valence-electron chi connectivity index (χ4n) is 0.764. The van der Waals surface area contributed by atoms with Crippen LogP contribution >= 0.6 is 0 Å². The normalized spacial score (nSPS) is 12.1. The minimum atomic E-state index is -0.389. The van der Waals surface area contributed by atoms with Crippen LogP contribution in [-0.4, -0.2) is 34.1 Å². The minimum Gasteiger partial charge on any atom is -0.493 e. The molecular formula is C8H12N2O3. The summed E-state index contributed by atoms with van der Waals surface area (Å²) in [5, 5.41) is 8.81. The highest BCUT2D eigenvalue weighted by atomic mass is 16.7. The van der Waals surface area contributed by atoms with Crippen LogP contribution in [0.5, 0.6) is 0 Å². The van der Waals surface area contributed by atoms with E-state index in [1.807, 2.05) is 0 Å². The quantitative estimate of drug-likeness (QED) is 0.624. The molecule has 1 unspecified atom stereocenters. The van der Waals surface area contributed by atoms with Crippen LogP contribution in [-0.2, 0) is 4.74 Å². The van der Waals surface area contributed by atoms with Crippen molar-refractivity contribution < 1.29 is 14.7 Å². The van der Waals surface area contributed by atoms with Crippen molar-refractivity contribution in [3.8, 4) is 0 Å². The number of aromatic nitrogens is 2. The first-order chi connectivity index (χ1) is 6.36. The molecule has 1 atom stereocenters. The molecule has 0 aliphatic heterocycles. The first kappa shape index (κ1) is 9.60. The van der Waals surface area contributed by atoms with E-state index in [2.05, 4.69) is 11.6 Å². The standard InChI is InChI=1S/C8H12N2O3/c1-2-12-8(5-11)6-13-10-4-3-9-7-10/h2-4,7-8,11H,1,5-6H2. The van der Waals surface area contributed by atoms with Crippen molar-refractivity contribution in [3.05, 3.63) is 31.6 Å². The number of ether oxygens (including phenoxy) is 1. The van der Waals surface area contributed by atoms with Gasteiger partial charge in [0.1, 0.15) is 6.33 Å². The first-order valence-corrected chi connectivity index (χ1v) is 3.85. The maximum absolute atomic E-state index is 8.81. The summed E-state index contributed by atoms with van der Waals surface area (Å²) in [6.07, 6.45) is 5.66. The van der Waals surface area contributed by atoms with E-state index in [9.17, 15) is 0 Å². The summed E-state index contributed by atoms with van der Waals surface area (Å²) in [6, 6.07) is 0. The molecule has 1 aromatic rings. The zero-order valence-corrected chi connectivity index (χ0v) is 7.17. The largest absolute Gasteiger partial charge is 0.493 e. The molecule has 0 aliphatic rings. The van der Waals surface area contributed by atoms with Crippen LogP contribution in [0.15, 0.2) is 31.6 Å². The molecule has 0 saturated carbocycles. The summed E-state index contributed by atoms with van der Waals surface area (Å²) < 4.78 is 6.38. The Morgan fingerprint density at radius 2 is 2.54 bits per heavy atom. The molecule has 1 aromatic heterocycles. The summed E-state index contributed by atoms with van der Waals surface area (Å²) in [5.41, 5.74) is 0. The monoisotopic (exact) mass is 184 g/mol. The lowest BCUT2D eigenvalue weighted by Crippen LogP contribution is -2.27. The number of aliphatic hydroxyl groups excluding tert-OH is 1. The summed E-state index contributed by atoms with van der Waals surface area (Å²) >= 11 is 0. The van der Waals surface area contributed by atoms with Crippen LogP contribution in [0, 0.1) is 0 Å². The number of hydrogen-bond acceptors (Lipinski definition) is 4. The summed E-state index contributed by atoms with van der Waals surface area (Å²) in [4.78, 5) is 8.96. The van der Waals surface area contributed by atoms with Crippen LogP contribution < -0.4 is 4.84 Å². The number of nitrogens with zero attached hydrogens (tertiary/aromatic N) is 2. The van der Waals surface area contributed by atoms with Crippen molar-refractivity contribution in [2.24, 2.45) is 0 Å². The third-order valence-electron chi connectivity index (χ3n) is 1.38. The average molecular weight is 184 g/mol. The lowest BCUT2D eigenvalue weighted by molar-refractivity contribution is -0.00830. The molecule has 0 aliphatic carbocycles. The molecule has 1 N–H and O–H groups in total. The van der Waals surface area contributed by atoms with Gasteiger partial charge >= 0.3 is 0 Å². The van der Waals surface area contributed by atoms with Crippen LogP contribution in [0.1, 0.15) is 0 Å². The van der Waals surface area contributed by atoms with Crippen molar-refractivity contribution >= 4 is 0 Å². The predicted molar refractivity (Wildman–Crippen MR) is 45.8 cm³/mol. The van der Waals surface area contributed by atoms with Gasteiger partial charge in [0, 0.05) is 6.20 Å². The summed E-state index contributed by atoms with van der Waals surface area (Å²) in [6.45, 7) is 3.52. The highest BCUT2D eigenvalue weighted by Gasteiger charge is 2.06.